The minimum Gasteiger partial charge on any atom is -0.459 e. The summed E-state index contributed by atoms with van der Waals surface area (Å²) in [6, 6.07) is 16.8. The number of oxime groups is 1. The van der Waals surface area contributed by atoms with Crippen LogP contribution in [0.25, 0.3) is 0 Å². The number of nitro groups is 2. The van der Waals surface area contributed by atoms with Crippen LogP contribution in [0.1, 0.15) is 133 Å². The Morgan fingerprint density at radius 2 is 1.53 bits per heavy atom. The normalized spacial score (nSPS) is 21.3. The van der Waals surface area contributed by atoms with Crippen LogP contribution >= 0.6 is 0 Å². The van der Waals surface area contributed by atoms with Crippen molar-refractivity contribution in [1.29, 1.82) is 0 Å². The van der Waals surface area contributed by atoms with E-state index >= 15 is 4.79 Å². The maximum absolute atomic E-state index is 15.1. The van der Waals surface area contributed by atoms with Crippen molar-refractivity contribution in [3.8, 4) is 17.2 Å². The van der Waals surface area contributed by atoms with Gasteiger partial charge in [-0.25, -0.2) is 0 Å². The largest absolute Gasteiger partial charge is 0.459 e. The first-order valence-corrected chi connectivity index (χ1v) is 26.4. The van der Waals surface area contributed by atoms with E-state index < -0.39 is 27.6 Å². The molecular weight excluding hydrogens is 937 g/mol. The lowest BCUT2D eigenvalue weighted by molar-refractivity contribution is -0.385. The van der Waals surface area contributed by atoms with Gasteiger partial charge in [-0.15, -0.1) is 6.58 Å². The number of allylic oxidation sites excluding steroid dienone is 1. The highest BCUT2D eigenvalue weighted by atomic mass is 16.7. The first-order chi connectivity index (χ1) is 35.6. The van der Waals surface area contributed by atoms with E-state index in [-0.39, 0.29) is 106 Å². The number of carbonyl (C=O) groups is 1. The summed E-state index contributed by atoms with van der Waals surface area (Å²) in [6.07, 6.45) is 18.2. The van der Waals surface area contributed by atoms with Crippen LogP contribution in [-0.2, 0) is 25.7 Å². The Morgan fingerprint density at radius 3 is 2.22 bits per heavy atom. The second-order valence-electron chi connectivity index (χ2n) is 19.3. The van der Waals surface area contributed by atoms with E-state index in [9.17, 15) is 35.5 Å². The van der Waals surface area contributed by atoms with Crippen molar-refractivity contribution >= 4 is 23.0 Å². The van der Waals surface area contributed by atoms with Crippen molar-refractivity contribution in [2.24, 2.45) is 22.9 Å². The lowest BCUT2D eigenvalue weighted by Crippen LogP contribution is -2.70. The van der Waals surface area contributed by atoms with Gasteiger partial charge in [-0.1, -0.05) is 94.5 Å². The van der Waals surface area contributed by atoms with Crippen molar-refractivity contribution in [3.05, 3.63) is 122 Å². The van der Waals surface area contributed by atoms with E-state index in [1.807, 2.05) is 17.0 Å². The fraction of sp³-hybridized carbons (Fsp3) is 0.571. The fourth-order valence-corrected chi connectivity index (χ4v) is 10.9. The summed E-state index contributed by atoms with van der Waals surface area (Å²) < 4.78 is 26.8. The molecule has 0 radical (unpaired) electrons. The molecule has 1 amide bonds. The average molecular weight is 1010 g/mol. The second kappa shape index (κ2) is 29.2. The van der Waals surface area contributed by atoms with Crippen molar-refractivity contribution in [1.82, 2.24) is 4.90 Å². The number of nitrogens with zero attached hydrogens (tertiary/aromatic N) is 4. The number of benzene rings is 3. The van der Waals surface area contributed by atoms with Gasteiger partial charge >= 0.3 is 0 Å². The number of ether oxygens (including phenoxy) is 4. The number of fused-ring (bicyclic) bond motifs is 2. The average Bonchev–Trinajstić information content (AvgIpc) is 3.39. The monoisotopic (exact) mass is 1010 g/mol. The van der Waals surface area contributed by atoms with Crippen molar-refractivity contribution < 1.29 is 53.7 Å². The zero-order valence-electron chi connectivity index (χ0n) is 42.5. The molecule has 6 rings (SSSR count). The van der Waals surface area contributed by atoms with Crippen LogP contribution in [0.5, 0.6) is 17.2 Å². The number of carbonyl (C=O) groups excluding carboxylic acids is 1. The molecule has 1 heterocycles. The summed E-state index contributed by atoms with van der Waals surface area (Å²) >= 11 is 0. The molecule has 1 fully saturated rings. The molecule has 17 heteroatoms. The summed E-state index contributed by atoms with van der Waals surface area (Å²) in [5.41, 5.74) is 2.70. The summed E-state index contributed by atoms with van der Waals surface area (Å²) in [7, 11) is 0. The van der Waals surface area contributed by atoms with Crippen LogP contribution in [-0.4, -0.2) is 99.7 Å². The lowest BCUT2D eigenvalue weighted by Gasteiger charge is -2.60. The first-order valence-electron chi connectivity index (χ1n) is 26.4. The maximum atomic E-state index is 15.1. The van der Waals surface area contributed by atoms with Gasteiger partial charge in [-0.2, -0.15) is 0 Å². The third-order valence-corrected chi connectivity index (χ3v) is 14.4. The smallest absolute Gasteiger partial charge is 0.273 e. The van der Waals surface area contributed by atoms with E-state index in [4.69, 9.17) is 28.9 Å². The molecule has 398 valence electrons. The SMILES string of the molecule is C=CCO[C@@]12Oc3ccc(Oc4cccc([N+](=O)[O-])c4)cc3[C@H]3[C@H](CCCCO)[C@@H](CCCCO)C=C(C(=NOCc4ccc([N+](=O)[O-])cc4)C[C@@H]1N(CCOCCO)C(=O)CCCCCCCCCCC)[C@H]32. The van der Waals surface area contributed by atoms with Gasteiger partial charge in [-0.05, 0) is 91.5 Å². The molecule has 0 unspecified atom stereocenters. The second-order valence-corrected chi connectivity index (χ2v) is 19.3. The standard InChI is InChI=1S/C56H76N4O13/c1-3-5-6-7-8-9-10-11-12-22-53(64)58(29-34-69-35-32-63)52-39-50(57-71-40-41-23-25-43(26-24-41)59(65)66)48-36-42(18-13-15-30-61)47(21-14-16-31-62)54-49-38-46(72-45-20-17-19-44(37-45)60(67)68)27-28-51(49)73-56(52,55(48)54)70-33-4-2/h4,17,19-20,23-28,36-38,42,47,52,54-55,61-63H,2-3,5-16,18,21-22,29-35,39-40H2,1H3/t42-,47+,52-,54+,55+,56+/m0/s1. The van der Waals surface area contributed by atoms with Gasteiger partial charge in [0.25, 0.3) is 11.4 Å². The number of unbranched alkanes of at least 4 members (excludes halogenated alkanes) is 10. The quantitative estimate of drug-likeness (QED) is 0.0219. The lowest BCUT2D eigenvalue weighted by atomic mass is 9.55. The molecule has 0 saturated heterocycles. The minimum absolute atomic E-state index is 0.00326. The molecule has 0 spiro atoms. The Bertz CT molecular complexity index is 2310. The summed E-state index contributed by atoms with van der Waals surface area (Å²) in [4.78, 5) is 45.3. The van der Waals surface area contributed by atoms with E-state index in [0.29, 0.717) is 54.9 Å². The van der Waals surface area contributed by atoms with E-state index in [2.05, 4.69) is 19.6 Å². The molecule has 1 saturated carbocycles. The zero-order valence-corrected chi connectivity index (χ0v) is 42.5. The van der Waals surface area contributed by atoms with Crippen LogP contribution in [0.3, 0.4) is 0 Å². The van der Waals surface area contributed by atoms with Gasteiger partial charge < -0.3 is 44.0 Å². The summed E-state index contributed by atoms with van der Waals surface area (Å²) in [5.74, 6) is -1.55. The van der Waals surface area contributed by atoms with Gasteiger partial charge in [0.05, 0.1) is 54.0 Å². The number of hydrogen-bond donors (Lipinski definition) is 3. The predicted molar refractivity (Wildman–Crippen MR) is 277 cm³/mol. The molecule has 3 aromatic rings. The molecule has 3 aromatic carbocycles. The molecule has 3 aliphatic rings. The van der Waals surface area contributed by atoms with Crippen LogP contribution in [0.2, 0.25) is 0 Å². The molecule has 0 aromatic heterocycles. The van der Waals surface area contributed by atoms with Gasteiger partial charge in [-0.3, -0.25) is 25.0 Å². The zero-order chi connectivity index (χ0) is 52.0. The van der Waals surface area contributed by atoms with Crippen LogP contribution in [0.15, 0.2) is 96.2 Å². The van der Waals surface area contributed by atoms with E-state index in [0.717, 1.165) is 43.2 Å². The highest BCUT2D eigenvalue weighted by Crippen LogP contribution is 2.62. The molecule has 0 bridgehead atoms. The number of aliphatic hydroxyl groups excluding tert-OH is 3. The number of nitro benzene ring substituents is 2. The third-order valence-electron chi connectivity index (χ3n) is 14.4. The van der Waals surface area contributed by atoms with E-state index in [1.165, 1.54) is 56.4 Å². The third kappa shape index (κ3) is 15.2. The maximum Gasteiger partial charge on any atom is 0.273 e. The Labute approximate surface area is 429 Å². The predicted octanol–water partition coefficient (Wildman–Crippen LogP) is 10.9. The molecule has 6 atom stereocenters. The Balaban J connectivity index is 1.51. The van der Waals surface area contributed by atoms with Crippen molar-refractivity contribution in [2.45, 2.75) is 140 Å². The fourth-order valence-electron chi connectivity index (χ4n) is 10.9. The molecule has 73 heavy (non-hydrogen) atoms. The number of aliphatic hydroxyl groups is 3. The molecule has 3 N–H and O–H groups in total. The minimum atomic E-state index is -1.53. The molecule has 2 aliphatic carbocycles. The van der Waals surface area contributed by atoms with Crippen molar-refractivity contribution in [3.63, 3.8) is 0 Å². The van der Waals surface area contributed by atoms with E-state index in [1.54, 1.807) is 36.4 Å². The molecule has 17 nitrogen and oxygen atoms in total. The Morgan fingerprint density at radius 1 is 0.836 bits per heavy atom. The van der Waals surface area contributed by atoms with Gasteiger partial charge in [0.2, 0.25) is 11.7 Å². The molecule has 1 aliphatic heterocycles. The van der Waals surface area contributed by atoms with Crippen LogP contribution < -0.4 is 9.47 Å². The first kappa shape index (κ1) is 56.6. The number of hydrogen-bond acceptors (Lipinski definition) is 14. The number of amides is 1. The topological polar surface area (TPSA) is 226 Å². The Hall–Kier alpha value is -5.72. The van der Waals surface area contributed by atoms with Crippen LogP contribution in [0, 0.1) is 38.0 Å². The van der Waals surface area contributed by atoms with Crippen LogP contribution in [0.4, 0.5) is 11.4 Å². The summed E-state index contributed by atoms with van der Waals surface area (Å²) in [5, 5.41) is 57.9. The number of rotatable bonds is 34. The summed E-state index contributed by atoms with van der Waals surface area (Å²) in [6.45, 7) is 6.55. The molecular formula is C56H76N4O13. The van der Waals surface area contributed by atoms with Gasteiger partial charge in [0.15, 0.2) is 0 Å². The van der Waals surface area contributed by atoms with Crippen molar-refractivity contribution in [2.75, 3.05) is 46.2 Å². The highest BCUT2D eigenvalue weighted by Gasteiger charge is 2.65. The Kier molecular flexibility index (Phi) is 22.7. The highest BCUT2D eigenvalue weighted by molar-refractivity contribution is 6.03. The van der Waals surface area contributed by atoms with Gasteiger partial charge in [0.1, 0.15) is 29.9 Å². The van der Waals surface area contributed by atoms with Gasteiger partial charge in [0, 0.05) is 62.3 Å². The number of non-ortho nitro benzene ring substituents is 2.